The van der Waals surface area contributed by atoms with Gasteiger partial charge in [0, 0.05) is 17.7 Å². The smallest absolute Gasteiger partial charge is 0.199 e. The molecule has 0 spiro atoms. The lowest BCUT2D eigenvalue weighted by atomic mass is 9.95. The Morgan fingerprint density at radius 1 is 1.00 bits per heavy atom. The number of carbonyl (C=O) groups is 1. The minimum absolute atomic E-state index is 0.0845. The SMILES string of the molecule is COc1cc(OC)c2c(c1)OC/C(=C\c1cccc3ccccc13)C2=O. The average Bonchev–Trinajstić information content (AvgIpc) is 2.69. The third kappa shape index (κ3) is 2.69. The highest BCUT2D eigenvalue weighted by Crippen LogP contribution is 2.39. The second-order valence-corrected chi connectivity index (χ2v) is 6.06. The number of benzene rings is 3. The normalized spacial score (nSPS) is 14.8. The zero-order valence-corrected chi connectivity index (χ0v) is 14.6. The summed E-state index contributed by atoms with van der Waals surface area (Å²) in [4.78, 5) is 13.1. The largest absolute Gasteiger partial charge is 0.496 e. The van der Waals surface area contributed by atoms with E-state index in [1.807, 2.05) is 30.3 Å². The maximum atomic E-state index is 13.1. The zero-order valence-electron chi connectivity index (χ0n) is 14.6. The third-order valence-electron chi connectivity index (χ3n) is 4.55. The van der Waals surface area contributed by atoms with Crippen LogP contribution in [0.25, 0.3) is 16.8 Å². The minimum atomic E-state index is -0.0845. The molecule has 0 aliphatic carbocycles. The van der Waals surface area contributed by atoms with Gasteiger partial charge in [0.25, 0.3) is 0 Å². The maximum Gasteiger partial charge on any atom is 0.199 e. The average molecular weight is 346 g/mol. The van der Waals surface area contributed by atoms with Crippen LogP contribution < -0.4 is 14.2 Å². The van der Waals surface area contributed by atoms with E-state index in [1.165, 1.54) is 7.11 Å². The van der Waals surface area contributed by atoms with Crippen LogP contribution in [0.2, 0.25) is 0 Å². The molecule has 0 radical (unpaired) electrons. The van der Waals surface area contributed by atoms with Crippen molar-refractivity contribution in [2.45, 2.75) is 0 Å². The number of carbonyl (C=O) groups excluding carboxylic acids is 1. The van der Waals surface area contributed by atoms with E-state index in [4.69, 9.17) is 14.2 Å². The first kappa shape index (κ1) is 16.2. The summed E-state index contributed by atoms with van der Waals surface area (Å²) in [6.07, 6.45) is 1.90. The molecule has 0 saturated carbocycles. The summed E-state index contributed by atoms with van der Waals surface area (Å²) in [5.74, 6) is 1.45. The highest BCUT2D eigenvalue weighted by atomic mass is 16.5. The Morgan fingerprint density at radius 3 is 2.62 bits per heavy atom. The van der Waals surface area contributed by atoms with Crippen molar-refractivity contribution < 1.29 is 19.0 Å². The van der Waals surface area contributed by atoms with Crippen molar-refractivity contribution >= 4 is 22.6 Å². The van der Waals surface area contributed by atoms with Gasteiger partial charge >= 0.3 is 0 Å². The Balaban J connectivity index is 1.81. The van der Waals surface area contributed by atoms with Gasteiger partial charge in [0.2, 0.25) is 0 Å². The van der Waals surface area contributed by atoms with Crippen LogP contribution in [0, 0.1) is 0 Å². The second-order valence-electron chi connectivity index (χ2n) is 6.06. The molecule has 26 heavy (non-hydrogen) atoms. The van der Waals surface area contributed by atoms with Crippen molar-refractivity contribution in [3.8, 4) is 17.2 Å². The highest BCUT2D eigenvalue weighted by molar-refractivity contribution is 6.16. The molecule has 4 heteroatoms. The van der Waals surface area contributed by atoms with E-state index in [-0.39, 0.29) is 12.4 Å². The molecule has 1 aliphatic rings. The minimum Gasteiger partial charge on any atom is -0.496 e. The van der Waals surface area contributed by atoms with Gasteiger partial charge in [-0.25, -0.2) is 0 Å². The number of ether oxygens (including phenoxy) is 3. The number of rotatable bonds is 3. The Kier molecular flexibility index (Phi) is 4.09. The van der Waals surface area contributed by atoms with Crippen LogP contribution in [0.5, 0.6) is 17.2 Å². The molecule has 4 rings (SSSR count). The summed E-state index contributed by atoms with van der Waals surface area (Å²) in [6, 6.07) is 17.6. The van der Waals surface area contributed by atoms with Gasteiger partial charge in [0.1, 0.15) is 29.4 Å². The lowest BCUT2D eigenvalue weighted by Crippen LogP contribution is -2.20. The topological polar surface area (TPSA) is 44.8 Å². The van der Waals surface area contributed by atoms with Gasteiger partial charge in [0.15, 0.2) is 5.78 Å². The van der Waals surface area contributed by atoms with Gasteiger partial charge < -0.3 is 14.2 Å². The summed E-state index contributed by atoms with van der Waals surface area (Å²) in [7, 11) is 3.10. The molecule has 0 unspecified atom stereocenters. The van der Waals surface area contributed by atoms with E-state index in [1.54, 1.807) is 19.2 Å². The Morgan fingerprint density at radius 2 is 1.81 bits per heavy atom. The Hall–Kier alpha value is -3.27. The predicted molar refractivity (Wildman–Crippen MR) is 101 cm³/mol. The molecule has 3 aromatic rings. The first-order chi connectivity index (χ1) is 12.7. The summed E-state index contributed by atoms with van der Waals surface area (Å²) in [6.45, 7) is 0.214. The highest BCUT2D eigenvalue weighted by Gasteiger charge is 2.28. The molecular weight excluding hydrogens is 328 g/mol. The van der Waals surface area contributed by atoms with Gasteiger partial charge in [-0.1, -0.05) is 42.5 Å². The van der Waals surface area contributed by atoms with Crippen LogP contribution in [0.3, 0.4) is 0 Å². The number of methoxy groups -OCH3 is 2. The first-order valence-corrected chi connectivity index (χ1v) is 8.33. The van der Waals surface area contributed by atoms with E-state index in [0.717, 1.165) is 16.3 Å². The standard InChI is InChI=1S/C22H18O4/c1-24-17-11-19(25-2)21-20(12-17)26-13-16(22(21)23)10-15-8-5-7-14-6-3-4-9-18(14)15/h3-12H,13H2,1-2H3/b16-10+. The number of ketones is 1. The maximum absolute atomic E-state index is 13.1. The lowest BCUT2D eigenvalue weighted by Gasteiger charge is -2.22. The molecule has 4 nitrogen and oxygen atoms in total. The molecule has 0 amide bonds. The van der Waals surface area contributed by atoms with E-state index in [0.29, 0.717) is 28.4 Å². The molecule has 1 aliphatic heterocycles. The van der Waals surface area contributed by atoms with Gasteiger partial charge in [-0.2, -0.15) is 0 Å². The van der Waals surface area contributed by atoms with Crippen molar-refractivity contribution in [1.29, 1.82) is 0 Å². The van der Waals surface area contributed by atoms with Crippen molar-refractivity contribution in [2.75, 3.05) is 20.8 Å². The quantitative estimate of drug-likeness (QED) is 0.654. The van der Waals surface area contributed by atoms with E-state index >= 15 is 0 Å². The fourth-order valence-corrected chi connectivity index (χ4v) is 3.24. The summed E-state index contributed by atoms with van der Waals surface area (Å²) < 4.78 is 16.5. The summed E-state index contributed by atoms with van der Waals surface area (Å²) >= 11 is 0. The van der Waals surface area contributed by atoms with Gasteiger partial charge in [-0.3, -0.25) is 4.79 Å². The summed E-state index contributed by atoms with van der Waals surface area (Å²) in [5.41, 5.74) is 2.02. The van der Waals surface area contributed by atoms with Crippen LogP contribution >= 0.6 is 0 Å². The van der Waals surface area contributed by atoms with Crippen molar-refractivity contribution in [3.05, 3.63) is 71.3 Å². The monoisotopic (exact) mass is 346 g/mol. The first-order valence-electron chi connectivity index (χ1n) is 8.33. The van der Waals surface area contributed by atoms with Crippen molar-refractivity contribution in [1.82, 2.24) is 0 Å². The van der Waals surface area contributed by atoms with Crippen molar-refractivity contribution in [3.63, 3.8) is 0 Å². The van der Waals surface area contributed by atoms with Gasteiger partial charge in [-0.15, -0.1) is 0 Å². The van der Waals surface area contributed by atoms with Crippen molar-refractivity contribution in [2.24, 2.45) is 0 Å². The number of Topliss-reactive ketones (excluding diaryl/α,β-unsaturated/α-hetero) is 1. The Bertz CT molecular complexity index is 1010. The molecule has 0 atom stereocenters. The molecule has 0 saturated heterocycles. The number of fused-ring (bicyclic) bond motifs is 2. The van der Waals surface area contributed by atoms with Crippen LogP contribution in [0.15, 0.2) is 60.2 Å². The molecule has 0 N–H and O–H groups in total. The van der Waals surface area contributed by atoms with Crippen LogP contribution in [-0.4, -0.2) is 26.6 Å². The molecule has 3 aromatic carbocycles. The molecule has 0 fully saturated rings. The fourth-order valence-electron chi connectivity index (χ4n) is 3.24. The predicted octanol–water partition coefficient (Wildman–Crippen LogP) is 4.52. The third-order valence-corrected chi connectivity index (χ3v) is 4.55. The summed E-state index contributed by atoms with van der Waals surface area (Å²) in [5, 5.41) is 2.23. The molecular formula is C22H18O4. The Labute approximate surface area is 151 Å². The number of hydrogen-bond acceptors (Lipinski definition) is 4. The molecule has 0 aromatic heterocycles. The fraction of sp³-hybridized carbons (Fsp3) is 0.136. The molecule has 1 heterocycles. The molecule has 130 valence electrons. The van der Waals surface area contributed by atoms with E-state index in [9.17, 15) is 4.79 Å². The molecule has 0 bridgehead atoms. The second kappa shape index (κ2) is 6.56. The van der Waals surface area contributed by atoms with Crippen LogP contribution in [0.1, 0.15) is 15.9 Å². The van der Waals surface area contributed by atoms with Gasteiger partial charge in [-0.05, 0) is 22.4 Å². The number of hydrogen-bond donors (Lipinski definition) is 0. The van der Waals surface area contributed by atoms with E-state index in [2.05, 4.69) is 18.2 Å². The lowest BCUT2D eigenvalue weighted by molar-refractivity contribution is 0.0997. The van der Waals surface area contributed by atoms with Crippen LogP contribution in [-0.2, 0) is 0 Å². The van der Waals surface area contributed by atoms with E-state index < -0.39 is 0 Å². The zero-order chi connectivity index (χ0) is 18.1. The van der Waals surface area contributed by atoms with Gasteiger partial charge in [0.05, 0.1) is 14.2 Å². The van der Waals surface area contributed by atoms with Crippen LogP contribution in [0.4, 0.5) is 0 Å².